The molecule has 0 spiro atoms. The summed E-state index contributed by atoms with van der Waals surface area (Å²) >= 11 is 0. The van der Waals surface area contributed by atoms with Gasteiger partial charge in [-0.05, 0) is 0 Å². The third kappa shape index (κ3) is 0.804. The third-order valence-electron chi connectivity index (χ3n) is 0.814. The van der Waals surface area contributed by atoms with Gasteiger partial charge in [0.2, 0.25) is 5.88 Å². The molecule has 0 aliphatic rings. The molecule has 0 N–H and O–H groups in total. The van der Waals surface area contributed by atoms with Crippen molar-refractivity contribution in [2.45, 2.75) is 0 Å². The van der Waals surface area contributed by atoms with Crippen molar-refractivity contribution in [2.24, 2.45) is 7.05 Å². The van der Waals surface area contributed by atoms with Crippen molar-refractivity contribution < 1.29 is 4.74 Å². The molecule has 3 nitrogen and oxygen atoms in total. The molecule has 0 saturated heterocycles. The lowest BCUT2D eigenvalue weighted by Gasteiger charge is -1.85. The molecule has 0 bridgehead atoms. The minimum Gasteiger partial charge on any atom is -0.479 e. The van der Waals surface area contributed by atoms with E-state index < -0.39 is 0 Å². The Bertz CT molecular complexity index is 171. The van der Waals surface area contributed by atoms with Gasteiger partial charge in [0.25, 0.3) is 0 Å². The average molecular weight is 111 g/mol. The maximum atomic E-state index is 4.75. The molecule has 8 heavy (non-hydrogen) atoms. The number of ether oxygens (including phenoxy) is 1. The smallest absolute Gasteiger partial charge is 0.241 e. The molecule has 0 amide bonds. The van der Waals surface area contributed by atoms with Gasteiger partial charge in [-0.2, -0.15) is 0 Å². The lowest BCUT2D eigenvalue weighted by atomic mass is 10.8. The van der Waals surface area contributed by atoms with E-state index in [4.69, 9.17) is 4.74 Å². The van der Waals surface area contributed by atoms with E-state index in [9.17, 15) is 0 Å². The van der Waals surface area contributed by atoms with Gasteiger partial charge in [0.1, 0.15) is 6.20 Å². The predicted octanol–water partition coefficient (Wildman–Crippen LogP) is 0.229. The fourth-order valence-electron chi connectivity index (χ4n) is 0.446. The molecule has 1 aromatic heterocycles. The Labute approximate surface area is 47.9 Å². The first-order valence-electron chi connectivity index (χ1n) is 2.27. The van der Waals surface area contributed by atoms with Crippen LogP contribution in [0.3, 0.4) is 0 Å². The quantitative estimate of drug-likeness (QED) is 0.518. The first-order valence-corrected chi connectivity index (χ1v) is 2.27. The highest BCUT2D eigenvalue weighted by molar-refractivity contribution is 4.99. The van der Waals surface area contributed by atoms with E-state index in [1.54, 1.807) is 18.0 Å². The molecule has 0 aliphatic carbocycles. The van der Waals surface area contributed by atoms with E-state index >= 15 is 0 Å². The number of rotatable bonds is 1. The second-order valence-electron chi connectivity index (χ2n) is 1.48. The van der Waals surface area contributed by atoms with Gasteiger partial charge in [-0.25, -0.2) is 4.98 Å². The number of imidazole rings is 1. The van der Waals surface area contributed by atoms with Gasteiger partial charge < -0.3 is 9.30 Å². The van der Waals surface area contributed by atoms with Crippen LogP contribution in [0, 0.1) is 6.20 Å². The Balaban J connectivity index is 2.84. The van der Waals surface area contributed by atoms with Crippen LogP contribution in [0.1, 0.15) is 0 Å². The van der Waals surface area contributed by atoms with Crippen LogP contribution >= 0.6 is 0 Å². The Morgan fingerprint density at radius 3 is 2.88 bits per heavy atom. The van der Waals surface area contributed by atoms with E-state index in [1.807, 2.05) is 7.05 Å². The normalized spacial score (nSPS) is 9.25. The fourth-order valence-corrected chi connectivity index (χ4v) is 0.446. The standard InChI is InChI=1S/C5H7N2O/c1-7-3-5(8-2)6-4-7/h4H,1-2H3. The SMILES string of the molecule is COc1[c]n(C)cn1. The summed E-state index contributed by atoms with van der Waals surface area (Å²) in [6, 6.07) is 0. The molecule has 0 aliphatic heterocycles. The summed E-state index contributed by atoms with van der Waals surface area (Å²) < 4.78 is 6.45. The fraction of sp³-hybridized carbons (Fsp3) is 0.400. The van der Waals surface area contributed by atoms with Gasteiger partial charge >= 0.3 is 0 Å². The van der Waals surface area contributed by atoms with E-state index in [2.05, 4.69) is 11.2 Å². The Morgan fingerprint density at radius 2 is 2.62 bits per heavy atom. The molecule has 0 aromatic carbocycles. The Hall–Kier alpha value is -0.990. The summed E-state index contributed by atoms with van der Waals surface area (Å²) in [5, 5.41) is 0. The van der Waals surface area contributed by atoms with Crippen molar-refractivity contribution in [2.75, 3.05) is 7.11 Å². The van der Waals surface area contributed by atoms with Crippen molar-refractivity contribution in [3.05, 3.63) is 12.5 Å². The summed E-state index contributed by atoms with van der Waals surface area (Å²) in [6.07, 6.45) is 4.45. The first-order chi connectivity index (χ1) is 3.83. The zero-order chi connectivity index (χ0) is 5.98. The second-order valence-corrected chi connectivity index (χ2v) is 1.48. The van der Waals surface area contributed by atoms with Crippen LogP contribution in [0.5, 0.6) is 5.88 Å². The number of aromatic nitrogens is 2. The largest absolute Gasteiger partial charge is 0.479 e. The van der Waals surface area contributed by atoms with E-state index in [0.29, 0.717) is 5.88 Å². The minimum atomic E-state index is 0.535. The van der Waals surface area contributed by atoms with Crippen molar-refractivity contribution >= 4 is 0 Å². The van der Waals surface area contributed by atoms with Crippen LogP contribution in [-0.4, -0.2) is 16.7 Å². The van der Waals surface area contributed by atoms with Crippen molar-refractivity contribution in [3.63, 3.8) is 0 Å². The number of hydrogen-bond acceptors (Lipinski definition) is 2. The maximum Gasteiger partial charge on any atom is 0.241 e. The first kappa shape index (κ1) is 5.15. The third-order valence-corrected chi connectivity index (χ3v) is 0.814. The topological polar surface area (TPSA) is 27.1 Å². The van der Waals surface area contributed by atoms with Gasteiger partial charge in [0.05, 0.1) is 13.4 Å². The van der Waals surface area contributed by atoms with Crippen LogP contribution in [0.2, 0.25) is 0 Å². The van der Waals surface area contributed by atoms with Crippen LogP contribution in [0.4, 0.5) is 0 Å². The summed E-state index contributed by atoms with van der Waals surface area (Å²) in [5.41, 5.74) is 0. The molecule has 0 atom stereocenters. The molecular formula is C5H7N2O. The lowest BCUT2D eigenvalue weighted by molar-refractivity contribution is 0.398. The number of methoxy groups -OCH3 is 1. The minimum absolute atomic E-state index is 0.535. The monoisotopic (exact) mass is 111 g/mol. The summed E-state index contributed by atoms with van der Waals surface area (Å²) in [5.74, 6) is 0.535. The number of nitrogens with zero attached hydrogens (tertiary/aromatic N) is 2. The van der Waals surface area contributed by atoms with Gasteiger partial charge in [-0.15, -0.1) is 0 Å². The highest BCUT2D eigenvalue weighted by Crippen LogP contribution is 1.99. The molecule has 1 heterocycles. The average Bonchev–Trinajstić information content (AvgIpc) is 2.14. The second kappa shape index (κ2) is 1.86. The van der Waals surface area contributed by atoms with Crippen LogP contribution in [0.15, 0.2) is 6.33 Å². The Morgan fingerprint density at radius 1 is 1.88 bits per heavy atom. The highest BCUT2D eigenvalue weighted by atomic mass is 16.5. The number of hydrogen-bond donors (Lipinski definition) is 0. The predicted molar refractivity (Wildman–Crippen MR) is 28.6 cm³/mol. The molecule has 43 valence electrons. The molecule has 0 saturated carbocycles. The van der Waals surface area contributed by atoms with E-state index in [0.717, 1.165) is 0 Å². The van der Waals surface area contributed by atoms with E-state index in [1.165, 1.54) is 0 Å². The van der Waals surface area contributed by atoms with Crippen LogP contribution in [0.25, 0.3) is 0 Å². The van der Waals surface area contributed by atoms with Gasteiger partial charge in [0.15, 0.2) is 0 Å². The van der Waals surface area contributed by atoms with Crippen LogP contribution in [-0.2, 0) is 7.05 Å². The number of aryl methyl sites for hydroxylation is 1. The van der Waals surface area contributed by atoms with Gasteiger partial charge in [-0.3, -0.25) is 0 Å². The zero-order valence-electron chi connectivity index (χ0n) is 4.88. The molecular weight excluding hydrogens is 104 g/mol. The molecule has 0 fully saturated rings. The summed E-state index contributed by atoms with van der Waals surface area (Å²) in [7, 11) is 3.41. The molecule has 3 heteroatoms. The summed E-state index contributed by atoms with van der Waals surface area (Å²) in [6.45, 7) is 0. The molecule has 1 rings (SSSR count). The molecule has 1 aromatic rings. The molecule has 1 radical (unpaired) electrons. The Kier molecular flexibility index (Phi) is 1.20. The molecule has 0 unspecified atom stereocenters. The van der Waals surface area contributed by atoms with Crippen molar-refractivity contribution in [1.82, 2.24) is 9.55 Å². The zero-order valence-corrected chi connectivity index (χ0v) is 4.88. The van der Waals surface area contributed by atoms with Gasteiger partial charge in [-0.1, -0.05) is 0 Å². The van der Waals surface area contributed by atoms with Crippen molar-refractivity contribution in [1.29, 1.82) is 0 Å². The lowest BCUT2D eigenvalue weighted by Crippen LogP contribution is -1.81. The van der Waals surface area contributed by atoms with E-state index in [-0.39, 0.29) is 0 Å². The van der Waals surface area contributed by atoms with Crippen molar-refractivity contribution in [3.8, 4) is 5.88 Å². The highest BCUT2D eigenvalue weighted by Gasteiger charge is 1.90. The maximum absolute atomic E-state index is 4.75. The van der Waals surface area contributed by atoms with Gasteiger partial charge in [0, 0.05) is 7.05 Å². The van der Waals surface area contributed by atoms with Crippen LogP contribution < -0.4 is 4.74 Å². The summed E-state index contributed by atoms with van der Waals surface area (Å²) in [4.78, 5) is 3.82.